The number of rotatable bonds is 2. The number of nitrogens with zero attached hydrogens (tertiary/aromatic N) is 3. The van der Waals surface area contributed by atoms with Crippen molar-refractivity contribution in [1.82, 2.24) is 14.6 Å². The molecule has 0 radical (unpaired) electrons. The summed E-state index contributed by atoms with van der Waals surface area (Å²) in [5, 5.41) is 13.2. The zero-order valence-corrected chi connectivity index (χ0v) is 9.74. The van der Waals surface area contributed by atoms with Gasteiger partial charge in [-0.05, 0) is 31.4 Å². The molecule has 3 heterocycles. The molecule has 0 bridgehead atoms. The van der Waals surface area contributed by atoms with Gasteiger partial charge >= 0.3 is 5.97 Å². The van der Waals surface area contributed by atoms with Crippen LogP contribution in [-0.4, -0.2) is 32.3 Å². The zero-order chi connectivity index (χ0) is 12.5. The average Bonchev–Trinajstić information content (AvgIpc) is 2.82. The fourth-order valence-corrected chi connectivity index (χ4v) is 2.11. The highest BCUT2D eigenvalue weighted by molar-refractivity contribution is 5.88. The molecule has 1 unspecified atom stereocenters. The van der Waals surface area contributed by atoms with Crippen molar-refractivity contribution >= 4 is 11.6 Å². The van der Waals surface area contributed by atoms with Crippen molar-refractivity contribution < 1.29 is 14.6 Å². The lowest BCUT2D eigenvalue weighted by atomic mass is 10.1. The van der Waals surface area contributed by atoms with Crippen LogP contribution < -0.4 is 0 Å². The maximum Gasteiger partial charge on any atom is 0.335 e. The second-order valence-corrected chi connectivity index (χ2v) is 4.35. The van der Waals surface area contributed by atoms with Crippen molar-refractivity contribution in [3.05, 3.63) is 29.7 Å². The number of carbonyl (C=O) groups is 1. The number of hydrogen-bond donors (Lipinski definition) is 1. The summed E-state index contributed by atoms with van der Waals surface area (Å²) in [4.78, 5) is 15.2. The van der Waals surface area contributed by atoms with Crippen LogP contribution in [0.1, 0.15) is 41.5 Å². The quantitative estimate of drug-likeness (QED) is 0.873. The molecule has 1 atom stereocenters. The smallest absolute Gasteiger partial charge is 0.335 e. The van der Waals surface area contributed by atoms with Gasteiger partial charge in [-0.2, -0.15) is 0 Å². The minimum absolute atomic E-state index is 0.0630. The third kappa shape index (κ3) is 1.95. The third-order valence-corrected chi connectivity index (χ3v) is 3.07. The zero-order valence-electron chi connectivity index (χ0n) is 9.74. The van der Waals surface area contributed by atoms with Gasteiger partial charge in [0, 0.05) is 12.8 Å². The lowest BCUT2D eigenvalue weighted by Gasteiger charge is -2.19. The fourth-order valence-electron chi connectivity index (χ4n) is 2.11. The van der Waals surface area contributed by atoms with Gasteiger partial charge in [0.15, 0.2) is 11.5 Å². The number of carboxylic acid groups (broad SMARTS) is 1. The molecule has 6 nitrogen and oxygen atoms in total. The number of ether oxygens (including phenoxy) is 1. The maximum atomic E-state index is 10.9. The first-order chi connectivity index (χ1) is 8.74. The van der Waals surface area contributed by atoms with E-state index in [9.17, 15) is 4.79 Å². The van der Waals surface area contributed by atoms with Crippen LogP contribution in [0.4, 0.5) is 0 Å². The number of carboxylic acids is 1. The van der Waals surface area contributed by atoms with Gasteiger partial charge in [-0.25, -0.2) is 14.3 Å². The number of aromatic carboxylic acids is 1. The molecular weight excluding hydrogens is 234 g/mol. The SMILES string of the molecule is O=C(O)c1ccn2nc(C3CCCCO3)nc2c1. The Bertz CT molecular complexity index is 587. The summed E-state index contributed by atoms with van der Waals surface area (Å²) in [6, 6.07) is 3.02. The van der Waals surface area contributed by atoms with Crippen LogP contribution in [-0.2, 0) is 4.74 Å². The predicted molar refractivity (Wildman–Crippen MR) is 62.5 cm³/mol. The summed E-state index contributed by atoms with van der Waals surface area (Å²) in [7, 11) is 0. The van der Waals surface area contributed by atoms with Gasteiger partial charge in [-0.1, -0.05) is 0 Å². The minimum Gasteiger partial charge on any atom is -0.478 e. The highest BCUT2D eigenvalue weighted by Gasteiger charge is 2.20. The first-order valence-electron chi connectivity index (χ1n) is 5.95. The van der Waals surface area contributed by atoms with Crippen LogP contribution in [0.2, 0.25) is 0 Å². The van der Waals surface area contributed by atoms with Crippen molar-refractivity contribution in [1.29, 1.82) is 0 Å². The fraction of sp³-hybridized carbons (Fsp3) is 0.417. The molecule has 1 N–H and O–H groups in total. The molecule has 94 valence electrons. The molecule has 0 saturated carbocycles. The molecule has 18 heavy (non-hydrogen) atoms. The van der Waals surface area contributed by atoms with E-state index in [1.807, 2.05) is 0 Å². The normalized spacial score (nSPS) is 20.1. The van der Waals surface area contributed by atoms with Gasteiger partial charge in [-0.3, -0.25) is 0 Å². The molecule has 1 fully saturated rings. The number of fused-ring (bicyclic) bond motifs is 1. The molecule has 0 amide bonds. The number of aromatic nitrogens is 3. The Kier molecular flexibility index (Phi) is 2.71. The second kappa shape index (κ2) is 4.38. The molecule has 1 saturated heterocycles. The van der Waals surface area contributed by atoms with Crippen LogP contribution in [0.3, 0.4) is 0 Å². The van der Waals surface area contributed by atoms with E-state index in [0.29, 0.717) is 11.5 Å². The first kappa shape index (κ1) is 11.2. The molecule has 2 aromatic rings. The van der Waals surface area contributed by atoms with Gasteiger partial charge in [0.25, 0.3) is 0 Å². The molecule has 1 aliphatic heterocycles. The van der Waals surface area contributed by atoms with Crippen LogP contribution >= 0.6 is 0 Å². The topological polar surface area (TPSA) is 76.7 Å². The molecule has 3 rings (SSSR count). The molecule has 0 aliphatic carbocycles. The summed E-state index contributed by atoms with van der Waals surface area (Å²) in [6.45, 7) is 0.737. The van der Waals surface area contributed by atoms with E-state index in [4.69, 9.17) is 9.84 Å². The third-order valence-electron chi connectivity index (χ3n) is 3.07. The number of hydrogen-bond acceptors (Lipinski definition) is 4. The van der Waals surface area contributed by atoms with Crippen LogP contribution in [0.5, 0.6) is 0 Å². The molecule has 1 aliphatic rings. The lowest BCUT2D eigenvalue weighted by Crippen LogP contribution is -2.12. The Morgan fingerprint density at radius 3 is 3.11 bits per heavy atom. The molecule has 2 aromatic heterocycles. The minimum atomic E-state index is -0.962. The van der Waals surface area contributed by atoms with Crippen molar-refractivity contribution in [2.75, 3.05) is 6.61 Å². The van der Waals surface area contributed by atoms with Crippen molar-refractivity contribution in [2.24, 2.45) is 0 Å². The standard InChI is InChI=1S/C12H13N3O3/c16-12(17)8-4-5-15-10(7-8)13-11(14-15)9-3-1-2-6-18-9/h4-5,7,9H,1-3,6H2,(H,16,17). The average molecular weight is 247 g/mol. The van der Waals surface area contributed by atoms with Gasteiger partial charge in [-0.15, -0.1) is 5.10 Å². The molecular formula is C12H13N3O3. The summed E-state index contributed by atoms with van der Waals surface area (Å²) >= 11 is 0. The molecule has 6 heteroatoms. The predicted octanol–water partition coefficient (Wildman–Crippen LogP) is 1.67. The van der Waals surface area contributed by atoms with E-state index >= 15 is 0 Å². The first-order valence-corrected chi connectivity index (χ1v) is 5.95. The van der Waals surface area contributed by atoms with E-state index in [1.54, 1.807) is 10.7 Å². The Morgan fingerprint density at radius 1 is 1.50 bits per heavy atom. The van der Waals surface area contributed by atoms with Crippen molar-refractivity contribution in [3.63, 3.8) is 0 Å². The van der Waals surface area contributed by atoms with Gasteiger partial charge in [0.2, 0.25) is 0 Å². The van der Waals surface area contributed by atoms with Gasteiger partial charge in [0.1, 0.15) is 6.10 Å². The summed E-state index contributed by atoms with van der Waals surface area (Å²) < 4.78 is 7.20. The van der Waals surface area contributed by atoms with Crippen molar-refractivity contribution in [2.45, 2.75) is 25.4 Å². The van der Waals surface area contributed by atoms with Crippen LogP contribution in [0.25, 0.3) is 5.65 Å². The van der Waals surface area contributed by atoms with E-state index in [2.05, 4.69) is 10.1 Å². The monoisotopic (exact) mass is 247 g/mol. The van der Waals surface area contributed by atoms with Gasteiger partial charge in [0.05, 0.1) is 5.56 Å². The second-order valence-electron chi connectivity index (χ2n) is 4.35. The van der Waals surface area contributed by atoms with Crippen molar-refractivity contribution in [3.8, 4) is 0 Å². The number of pyridine rings is 1. The van der Waals surface area contributed by atoms with Crippen LogP contribution in [0.15, 0.2) is 18.3 Å². The van der Waals surface area contributed by atoms with Crippen LogP contribution in [0, 0.1) is 0 Å². The van der Waals surface area contributed by atoms with E-state index in [0.717, 1.165) is 25.9 Å². The Labute approximate surface area is 103 Å². The Balaban J connectivity index is 1.97. The summed E-state index contributed by atoms with van der Waals surface area (Å²) in [5.41, 5.74) is 0.755. The molecule has 0 aromatic carbocycles. The highest BCUT2D eigenvalue weighted by atomic mass is 16.5. The highest BCUT2D eigenvalue weighted by Crippen LogP contribution is 2.25. The largest absolute Gasteiger partial charge is 0.478 e. The van der Waals surface area contributed by atoms with E-state index in [-0.39, 0.29) is 11.7 Å². The maximum absolute atomic E-state index is 10.9. The Hall–Kier alpha value is -1.95. The molecule has 0 spiro atoms. The summed E-state index contributed by atoms with van der Waals surface area (Å²) in [5.74, 6) is -0.326. The lowest BCUT2D eigenvalue weighted by molar-refractivity contribution is 0.00961. The van der Waals surface area contributed by atoms with Gasteiger partial charge < -0.3 is 9.84 Å². The van der Waals surface area contributed by atoms with E-state index in [1.165, 1.54) is 12.1 Å². The summed E-state index contributed by atoms with van der Waals surface area (Å²) in [6.07, 6.45) is 4.65. The van der Waals surface area contributed by atoms with E-state index < -0.39 is 5.97 Å². The Morgan fingerprint density at radius 2 is 2.39 bits per heavy atom.